The molecule has 8 heteroatoms. The molecule has 1 aliphatic heterocycles. The lowest BCUT2D eigenvalue weighted by molar-refractivity contribution is -0.137. The van der Waals surface area contributed by atoms with Gasteiger partial charge in [0.15, 0.2) is 0 Å². The molecule has 1 aromatic carbocycles. The quantitative estimate of drug-likeness (QED) is 0.677. The number of piperidine rings is 1. The molecule has 1 aliphatic rings. The summed E-state index contributed by atoms with van der Waals surface area (Å²) in [4.78, 5) is 19.1. The fourth-order valence-electron chi connectivity index (χ4n) is 3.75. The van der Waals surface area contributed by atoms with E-state index in [2.05, 4.69) is 15.2 Å². The molecule has 5 nitrogen and oxygen atoms in total. The van der Waals surface area contributed by atoms with Gasteiger partial charge in [-0.05, 0) is 61.3 Å². The van der Waals surface area contributed by atoms with Crippen molar-refractivity contribution in [1.29, 1.82) is 0 Å². The van der Waals surface area contributed by atoms with Gasteiger partial charge in [-0.1, -0.05) is 18.6 Å². The summed E-state index contributed by atoms with van der Waals surface area (Å²) in [5.41, 5.74) is 1.22. The standard InChI is InChI=1S/C22H23F3N4O/c23-22(24,25)18-6-4-5-16(13-18)17-7-8-20-27-19(15-29(20)14-17)21(30)26-9-12-28-10-2-1-3-11-28/h4-8,13-15H,1-3,9-12H2,(H,26,30). The van der Waals surface area contributed by atoms with Crippen molar-refractivity contribution in [3.05, 3.63) is 60.0 Å². The molecule has 30 heavy (non-hydrogen) atoms. The van der Waals surface area contributed by atoms with Crippen molar-refractivity contribution in [1.82, 2.24) is 19.6 Å². The van der Waals surface area contributed by atoms with E-state index in [9.17, 15) is 18.0 Å². The van der Waals surface area contributed by atoms with Gasteiger partial charge in [0.05, 0.1) is 5.56 Å². The second kappa shape index (κ2) is 8.47. The molecule has 3 aromatic rings. The van der Waals surface area contributed by atoms with Crippen LogP contribution in [-0.4, -0.2) is 46.4 Å². The SMILES string of the molecule is O=C(NCCN1CCCCC1)c1cn2cc(-c3cccc(C(F)(F)F)c3)ccc2n1. The molecule has 1 N–H and O–H groups in total. The summed E-state index contributed by atoms with van der Waals surface area (Å²) in [6, 6.07) is 8.58. The molecule has 0 unspecified atom stereocenters. The summed E-state index contributed by atoms with van der Waals surface area (Å²) in [6.07, 6.45) is 2.56. The number of nitrogens with zero attached hydrogens (tertiary/aromatic N) is 3. The van der Waals surface area contributed by atoms with Crippen LogP contribution in [0.3, 0.4) is 0 Å². The van der Waals surface area contributed by atoms with Crippen LogP contribution >= 0.6 is 0 Å². The first-order valence-corrected chi connectivity index (χ1v) is 10.1. The highest BCUT2D eigenvalue weighted by Crippen LogP contribution is 2.32. The number of rotatable bonds is 5. The summed E-state index contributed by atoms with van der Waals surface area (Å²) in [6.45, 7) is 3.52. The lowest BCUT2D eigenvalue weighted by Crippen LogP contribution is -2.37. The maximum atomic E-state index is 13.0. The summed E-state index contributed by atoms with van der Waals surface area (Å²) in [7, 11) is 0. The Bertz CT molecular complexity index is 1040. The second-order valence-corrected chi connectivity index (χ2v) is 7.55. The molecule has 4 rings (SSSR count). The van der Waals surface area contributed by atoms with E-state index in [1.165, 1.54) is 25.3 Å². The maximum Gasteiger partial charge on any atom is 0.416 e. The first kappa shape index (κ1) is 20.4. The third kappa shape index (κ3) is 4.64. The molecule has 3 heterocycles. The summed E-state index contributed by atoms with van der Waals surface area (Å²) < 4.78 is 40.6. The van der Waals surface area contributed by atoms with Crippen LogP contribution < -0.4 is 5.32 Å². The minimum Gasteiger partial charge on any atom is -0.349 e. The zero-order valence-electron chi connectivity index (χ0n) is 16.5. The van der Waals surface area contributed by atoms with E-state index in [0.29, 0.717) is 23.3 Å². The van der Waals surface area contributed by atoms with Gasteiger partial charge in [0.25, 0.3) is 5.91 Å². The largest absolute Gasteiger partial charge is 0.416 e. The number of pyridine rings is 1. The van der Waals surface area contributed by atoms with Gasteiger partial charge in [-0.2, -0.15) is 13.2 Å². The van der Waals surface area contributed by atoms with Gasteiger partial charge in [0, 0.05) is 25.5 Å². The number of carbonyl (C=O) groups excluding carboxylic acids is 1. The number of fused-ring (bicyclic) bond motifs is 1. The molecular weight excluding hydrogens is 393 g/mol. The lowest BCUT2D eigenvalue weighted by Gasteiger charge is -2.26. The van der Waals surface area contributed by atoms with E-state index in [1.54, 1.807) is 35.0 Å². The van der Waals surface area contributed by atoms with Crippen molar-refractivity contribution in [3.63, 3.8) is 0 Å². The summed E-state index contributed by atoms with van der Waals surface area (Å²) >= 11 is 0. The predicted octanol–water partition coefficient (Wildman–Crippen LogP) is 4.24. The first-order chi connectivity index (χ1) is 14.4. The molecule has 0 spiro atoms. The molecule has 1 fully saturated rings. The van der Waals surface area contributed by atoms with Gasteiger partial charge >= 0.3 is 6.18 Å². The van der Waals surface area contributed by atoms with E-state index >= 15 is 0 Å². The number of carbonyl (C=O) groups is 1. The monoisotopic (exact) mass is 416 g/mol. The number of hydrogen-bond acceptors (Lipinski definition) is 3. The lowest BCUT2D eigenvalue weighted by atomic mass is 10.0. The van der Waals surface area contributed by atoms with Gasteiger partial charge < -0.3 is 14.6 Å². The van der Waals surface area contributed by atoms with Crippen LogP contribution in [0.25, 0.3) is 16.8 Å². The minimum absolute atomic E-state index is 0.253. The fourth-order valence-corrected chi connectivity index (χ4v) is 3.75. The van der Waals surface area contributed by atoms with Crippen molar-refractivity contribution < 1.29 is 18.0 Å². The molecule has 158 valence electrons. The molecule has 1 amide bonds. The number of halogens is 3. The van der Waals surface area contributed by atoms with E-state index in [4.69, 9.17) is 0 Å². The van der Waals surface area contributed by atoms with Crippen LogP contribution in [0.2, 0.25) is 0 Å². The van der Waals surface area contributed by atoms with Gasteiger partial charge in [0.1, 0.15) is 11.3 Å². The van der Waals surface area contributed by atoms with Crippen LogP contribution in [0.15, 0.2) is 48.8 Å². The van der Waals surface area contributed by atoms with Crippen molar-refractivity contribution in [2.24, 2.45) is 0 Å². The van der Waals surface area contributed by atoms with Gasteiger partial charge in [-0.25, -0.2) is 4.98 Å². The summed E-state index contributed by atoms with van der Waals surface area (Å²) in [5, 5.41) is 2.90. The third-order valence-corrected chi connectivity index (χ3v) is 5.37. The Morgan fingerprint density at radius 3 is 2.60 bits per heavy atom. The van der Waals surface area contributed by atoms with Crippen molar-refractivity contribution in [3.8, 4) is 11.1 Å². The predicted molar refractivity (Wildman–Crippen MR) is 108 cm³/mol. The number of benzene rings is 1. The number of amides is 1. The van der Waals surface area contributed by atoms with Crippen LogP contribution in [0, 0.1) is 0 Å². The zero-order valence-corrected chi connectivity index (χ0v) is 16.5. The average Bonchev–Trinajstić information content (AvgIpc) is 3.17. The average molecular weight is 416 g/mol. The molecule has 0 aliphatic carbocycles. The summed E-state index contributed by atoms with van der Waals surface area (Å²) in [5.74, 6) is -0.253. The first-order valence-electron chi connectivity index (χ1n) is 10.1. The highest BCUT2D eigenvalue weighted by Gasteiger charge is 2.30. The van der Waals surface area contributed by atoms with Gasteiger partial charge in [-0.3, -0.25) is 4.79 Å². The second-order valence-electron chi connectivity index (χ2n) is 7.55. The van der Waals surface area contributed by atoms with E-state index < -0.39 is 11.7 Å². The number of hydrogen-bond donors (Lipinski definition) is 1. The van der Waals surface area contributed by atoms with Crippen LogP contribution in [0.5, 0.6) is 0 Å². The highest BCUT2D eigenvalue weighted by molar-refractivity contribution is 5.92. The van der Waals surface area contributed by atoms with E-state index in [0.717, 1.165) is 31.8 Å². The molecular formula is C22H23F3N4O. The van der Waals surface area contributed by atoms with E-state index in [1.807, 2.05) is 0 Å². The smallest absolute Gasteiger partial charge is 0.349 e. The van der Waals surface area contributed by atoms with E-state index in [-0.39, 0.29) is 11.6 Å². The van der Waals surface area contributed by atoms with Crippen molar-refractivity contribution in [2.75, 3.05) is 26.2 Å². The normalized spacial score (nSPS) is 15.4. The topological polar surface area (TPSA) is 49.6 Å². The number of imidazole rings is 1. The highest BCUT2D eigenvalue weighted by atomic mass is 19.4. The van der Waals surface area contributed by atoms with Gasteiger partial charge in [-0.15, -0.1) is 0 Å². The van der Waals surface area contributed by atoms with Crippen LogP contribution in [0.1, 0.15) is 35.3 Å². The minimum atomic E-state index is -4.39. The molecule has 0 radical (unpaired) electrons. The fraction of sp³-hybridized carbons (Fsp3) is 0.364. The Labute approximate surface area is 172 Å². The molecule has 0 atom stereocenters. The molecule has 0 bridgehead atoms. The Balaban J connectivity index is 1.46. The maximum absolute atomic E-state index is 13.0. The van der Waals surface area contributed by atoms with Gasteiger partial charge in [0.2, 0.25) is 0 Å². The number of aromatic nitrogens is 2. The Morgan fingerprint density at radius 1 is 1.03 bits per heavy atom. The van der Waals surface area contributed by atoms with Crippen molar-refractivity contribution in [2.45, 2.75) is 25.4 Å². The molecule has 1 saturated heterocycles. The number of alkyl halides is 3. The Morgan fingerprint density at radius 2 is 1.83 bits per heavy atom. The van der Waals surface area contributed by atoms with Crippen LogP contribution in [0.4, 0.5) is 13.2 Å². The molecule has 0 saturated carbocycles. The Kier molecular flexibility index (Phi) is 5.76. The number of nitrogens with one attached hydrogen (secondary N) is 1. The Hall–Kier alpha value is -2.87. The zero-order chi connectivity index (χ0) is 21.1. The number of likely N-dealkylation sites (tertiary alicyclic amines) is 1. The molecule has 2 aromatic heterocycles. The third-order valence-electron chi connectivity index (χ3n) is 5.37. The van der Waals surface area contributed by atoms with Crippen molar-refractivity contribution >= 4 is 11.6 Å². The van der Waals surface area contributed by atoms with Crippen LogP contribution in [-0.2, 0) is 6.18 Å².